The fourth-order valence-electron chi connectivity index (χ4n) is 2.66. The Labute approximate surface area is 168 Å². The van der Waals surface area contributed by atoms with Crippen LogP contribution in [0.1, 0.15) is 18.1 Å². The number of ketones is 1. The molecule has 7 heteroatoms. The van der Waals surface area contributed by atoms with Gasteiger partial charge in [0.2, 0.25) is 11.1 Å². The number of aromatic amines is 1. The lowest BCUT2D eigenvalue weighted by Crippen LogP contribution is -2.42. The maximum atomic E-state index is 12.3. The van der Waals surface area contributed by atoms with E-state index in [2.05, 4.69) is 20.5 Å². The Kier molecular flexibility index (Phi) is 6.60. The fraction of sp³-hybridized carbons (Fsp3) is 0.238. The Hall–Kier alpha value is -2.93. The molecule has 1 amide bonds. The molecule has 28 heavy (non-hydrogen) atoms. The molecular formula is C21H22N4O2S. The van der Waals surface area contributed by atoms with Gasteiger partial charge in [0.25, 0.3) is 0 Å². The number of benzene rings is 2. The number of hydrogen-bond donors (Lipinski definition) is 2. The number of carbonyl (C=O) groups is 2. The van der Waals surface area contributed by atoms with Crippen LogP contribution >= 0.6 is 11.8 Å². The summed E-state index contributed by atoms with van der Waals surface area (Å²) in [6.07, 6.45) is 0.477. The van der Waals surface area contributed by atoms with E-state index in [1.807, 2.05) is 61.5 Å². The summed E-state index contributed by atoms with van der Waals surface area (Å²) in [7, 11) is 0. The largest absolute Gasteiger partial charge is 0.345 e. The first-order valence-electron chi connectivity index (χ1n) is 8.97. The first-order chi connectivity index (χ1) is 13.5. The van der Waals surface area contributed by atoms with E-state index in [1.165, 1.54) is 24.2 Å². The number of Topliss-reactive ketones (excluding diaryl/α,β-unsaturated/α-hetero) is 1. The Bertz CT molecular complexity index is 939. The summed E-state index contributed by atoms with van der Waals surface area (Å²) in [5.74, 6) is 0.516. The van der Waals surface area contributed by atoms with Crippen LogP contribution in [0, 0.1) is 6.92 Å². The smallest absolute Gasteiger partial charge is 0.231 e. The van der Waals surface area contributed by atoms with Gasteiger partial charge in [-0.05, 0) is 25.8 Å². The van der Waals surface area contributed by atoms with E-state index < -0.39 is 6.04 Å². The zero-order valence-electron chi connectivity index (χ0n) is 15.8. The predicted molar refractivity (Wildman–Crippen MR) is 110 cm³/mol. The van der Waals surface area contributed by atoms with Crippen molar-refractivity contribution >= 4 is 23.5 Å². The number of aromatic nitrogens is 3. The van der Waals surface area contributed by atoms with Gasteiger partial charge < -0.3 is 5.32 Å². The monoisotopic (exact) mass is 394 g/mol. The second-order valence-corrected chi connectivity index (χ2v) is 7.48. The highest BCUT2D eigenvalue weighted by Crippen LogP contribution is 2.19. The second-order valence-electron chi connectivity index (χ2n) is 6.54. The number of rotatable bonds is 8. The normalized spacial score (nSPS) is 11.8. The molecule has 0 bridgehead atoms. The summed E-state index contributed by atoms with van der Waals surface area (Å²) < 4.78 is 0. The van der Waals surface area contributed by atoms with Gasteiger partial charge in [-0.2, -0.15) is 0 Å². The molecule has 1 aromatic heterocycles. The molecular weight excluding hydrogens is 372 g/mol. The van der Waals surface area contributed by atoms with Crippen LogP contribution < -0.4 is 5.32 Å². The van der Waals surface area contributed by atoms with Crippen LogP contribution in [0.25, 0.3) is 11.4 Å². The topological polar surface area (TPSA) is 87.7 Å². The molecule has 144 valence electrons. The molecule has 3 aromatic rings. The molecule has 0 saturated heterocycles. The molecule has 0 fully saturated rings. The van der Waals surface area contributed by atoms with Crippen LogP contribution in [0.15, 0.2) is 59.8 Å². The fourth-order valence-corrected chi connectivity index (χ4v) is 3.27. The van der Waals surface area contributed by atoms with Crippen molar-refractivity contribution < 1.29 is 9.59 Å². The third-order valence-electron chi connectivity index (χ3n) is 4.23. The number of carbonyl (C=O) groups excluding carboxylic acids is 2. The summed E-state index contributed by atoms with van der Waals surface area (Å²) in [6, 6.07) is 17.1. The number of nitrogens with one attached hydrogen (secondary N) is 2. The second kappa shape index (κ2) is 9.32. The van der Waals surface area contributed by atoms with Crippen molar-refractivity contribution in [3.05, 3.63) is 65.7 Å². The van der Waals surface area contributed by atoms with Gasteiger partial charge in [-0.1, -0.05) is 71.9 Å². The highest BCUT2D eigenvalue weighted by molar-refractivity contribution is 7.99. The average molecular weight is 395 g/mol. The standard InChI is InChI=1S/C21H22N4O2S/c1-14-8-10-17(11-9-14)20-23-21(25-24-20)28-13-19(27)22-18(15(2)26)12-16-6-4-3-5-7-16/h3-11,18H,12-13H2,1-2H3,(H,22,27)(H,23,24,25)/t18-/m1/s1. The van der Waals surface area contributed by atoms with Crippen LogP contribution in [0.5, 0.6) is 0 Å². The van der Waals surface area contributed by atoms with Crippen LogP contribution in [0.4, 0.5) is 0 Å². The van der Waals surface area contributed by atoms with Gasteiger partial charge >= 0.3 is 0 Å². The Morgan fingerprint density at radius 3 is 2.50 bits per heavy atom. The van der Waals surface area contributed by atoms with Crippen molar-refractivity contribution in [1.82, 2.24) is 20.5 Å². The molecule has 2 N–H and O–H groups in total. The van der Waals surface area contributed by atoms with E-state index in [9.17, 15) is 9.59 Å². The summed E-state index contributed by atoms with van der Waals surface area (Å²) >= 11 is 1.23. The van der Waals surface area contributed by atoms with E-state index in [0.29, 0.717) is 17.4 Å². The summed E-state index contributed by atoms with van der Waals surface area (Å²) in [4.78, 5) is 28.6. The highest BCUT2D eigenvalue weighted by Gasteiger charge is 2.18. The van der Waals surface area contributed by atoms with Gasteiger partial charge in [-0.15, -0.1) is 5.10 Å². The lowest BCUT2D eigenvalue weighted by Gasteiger charge is -2.15. The van der Waals surface area contributed by atoms with Crippen molar-refractivity contribution in [1.29, 1.82) is 0 Å². The Morgan fingerprint density at radius 2 is 1.82 bits per heavy atom. The Balaban J connectivity index is 1.54. The number of thioether (sulfide) groups is 1. The SMILES string of the molecule is CC(=O)[C@@H](Cc1ccccc1)NC(=O)CSc1n[nH]c(-c2ccc(C)cc2)n1. The van der Waals surface area contributed by atoms with Crippen molar-refractivity contribution in [2.24, 2.45) is 0 Å². The van der Waals surface area contributed by atoms with Crippen LogP contribution in [0.3, 0.4) is 0 Å². The number of hydrogen-bond acceptors (Lipinski definition) is 5. The quantitative estimate of drug-likeness (QED) is 0.573. The van der Waals surface area contributed by atoms with Crippen LogP contribution in [0.2, 0.25) is 0 Å². The molecule has 1 heterocycles. The zero-order chi connectivity index (χ0) is 19.9. The molecule has 1 atom stereocenters. The zero-order valence-corrected chi connectivity index (χ0v) is 16.6. The number of H-pyrrole nitrogens is 1. The van der Waals surface area contributed by atoms with Crippen molar-refractivity contribution in [3.8, 4) is 11.4 Å². The van der Waals surface area contributed by atoms with E-state index >= 15 is 0 Å². The molecule has 0 aliphatic heterocycles. The lowest BCUT2D eigenvalue weighted by molar-refractivity contribution is -0.125. The molecule has 0 spiro atoms. The summed E-state index contributed by atoms with van der Waals surface area (Å²) in [5, 5.41) is 10.3. The van der Waals surface area contributed by atoms with E-state index in [4.69, 9.17) is 0 Å². The van der Waals surface area contributed by atoms with Gasteiger partial charge in [0.15, 0.2) is 11.6 Å². The molecule has 0 saturated carbocycles. The molecule has 0 aliphatic rings. The van der Waals surface area contributed by atoms with Crippen molar-refractivity contribution in [2.45, 2.75) is 31.5 Å². The first kappa shape index (κ1) is 19.8. The maximum absolute atomic E-state index is 12.3. The number of nitrogens with zero attached hydrogens (tertiary/aromatic N) is 2. The maximum Gasteiger partial charge on any atom is 0.231 e. The predicted octanol–water partition coefficient (Wildman–Crippen LogP) is 3.19. The minimum absolute atomic E-state index is 0.0678. The molecule has 3 rings (SSSR count). The lowest BCUT2D eigenvalue weighted by atomic mass is 10.0. The van der Waals surface area contributed by atoms with Gasteiger partial charge in [0.1, 0.15) is 0 Å². The summed E-state index contributed by atoms with van der Waals surface area (Å²) in [6.45, 7) is 3.51. The molecule has 0 aliphatic carbocycles. The van der Waals surface area contributed by atoms with Gasteiger partial charge in [-0.3, -0.25) is 14.7 Å². The minimum atomic E-state index is -0.536. The van der Waals surface area contributed by atoms with E-state index in [0.717, 1.165) is 11.1 Å². The molecule has 0 radical (unpaired) electrons. The van der Waals surface area contributed by atoms with Crippen molar-refractivity contribution in [3.63, 3.8) is 0 Å². The van der Waals surface area contributed by atoms with Crippen molar-refractivity contribution in [2.75, 3.05) is 5.75 Å². The van der Waals surface area contributed by atoms with E-state index in [-0.39, 0.29) is 17.4 Å². The number of aryl methyl sites for hydroxylation is 1. The highest BCUT2D eigenvalue weighted by atomic mass is 32.2. The van der Waals surface area contributed by atoms with Crippen LogP contribution in [-0.4, -0.2) is 38.7 Å². The average Bonchev–Trinajstić information content (AvgIpc) is 3.16. The third-order valence-corrected chi connectivity index (χ3v) is 5.08. The van der Waals surface area contributed by atoms with Gasteiger partial charge in [0, 0.05) is 5.56 Å². The number of amides is 1. The van der Waals surface area contributed by atoms with Gasteiger partial charge in [-0.25, -0.2) is 4.98 Å². The Morgan fingerprint density at radius 1 is 1.11 bits per heavy atom. The minimum Gasteiger partial charge on any atom is -0.345 e. The van der Waals surface area contributed by atoms with Gasteiger partial charge in [0.05, 0.1) is 11.8 Å². The summed E-state index contributed by atoms with van der Waals surface area (Å²) in [5.41, 5.74) is 3.12. The van der Waals surface area contributed by atoms with E-state index in [1.54, 1.807) is 0 Å². The molecule has 0 unspecified atom stereocenters. The third kappa shape index (κ3) is 5.53. The van der Waals surface area contributed by atoms with Crippen LogP contribution in [-0.2, 0) is 16.0 Å². The first-order valence-corrected chi connectivity index (χ1v) is 9.96. The molecule has 6 nitrogen and oxygen atoms in total. The molecule has 2 aromatic carbocycles.